The summed E-state index contributed by atoms with van der Waals surface area (Å²) in [6.45, 7) is 4.57. The average molecular weight is 281 g/mol. The molecule has 0 spiro atoms. The lowest BCUT2D eigenvalue weighted by molar-refractivity contribution is -0.127. The number of nitrogens with one attached hydrogen (secondary N) is 2. The van der Waals surface area contributed by atoms with Crippen LogP contribution in [0.5, 0.6) is 0 Å². The molecule has 20 heavy (non-hydrogen) atoms. The van der Waals surface area contributed by atoms with E-state index in [0.717, 1.165) is 18.4 Å². The van der Waals surface area contributed by atoms with Crippen molar-refractivity contribution in [3.8, 4) is 0 Å². The van der Waals surface area contributed by atoms with Crippen LogP contribution in [0.25, 0.3) is 0 Å². The largest absolute Gasteiger partial charge is 0.354 e. The Labute approximate surface area is 121 Å². The molecule has 2 rings (SSSR count). The van der Waals surface area contributed by atoms with E-state index in [-0.39, 0.29) is 24.3 Å². The molecule has 0 heterocycles. The first-order valence-corrected chi connectivity index (χ1v) is 7.79. The quantitative estimate of drug-likeness (QED) is 0.610. The number of hydrogen-bond acceptors (Lipinski definition) is 3. The summed E-state index contributed by atoms with van der Waals surface area (Å²) in [5.74, 6) is 2.02. The van der Waals surface area contributed by atoms with Crippen LogP contribution >= 0.6 is 0 Å². The molecule has 0 aliphatic heterocycles. The Bertz CT molecular complexity index is 350. The minimum Gasteiger partial charge on any atom is -0.354 e. The molecule has 5 heteroatoms. The third kappa shape index (κ3) is 4.47. The van der Waals surface area contributed by atoms with E-state index >= 15 is 0 Å². The normalized spacial score (nSPS) is 20.1. The van der Waals surface area contributed by atoms with Crippen molar-refractivity contribution in [2.24, 2.45) is 29.4 Å². The Kier molecular flexibility index (Phi) is 5.02. The summed E-state index contributed by atoms with van der Waals surface area (Å²) in [4.78, 5) is 23.4. The highest BCUT2D eigenvalue weighted by molar-refractivity contribution is 5.87. The van der Waals surface area contributed by atoms with Gasteiger partial charge in [0, 0.05) is 6.54 Å². The van der Waals surface area contributed by atoms with Crippen molar-refractivity contribution in [3.63, 3.8) is 0 Å². The van der Waals surface area contributed by atoms with E-state index < -0.39 is 6.04 Å². The van der Waals surface area contributed by atoms with E-state index in [1.807, 2.05) is 13.8 Å². The summed E-state index contributed by atoms with van der Waals surface area (Å²) >= 11 is 0. The molecule has 4 N–H and O–H groups in total. The van der Waals surface area contributed by atoms with Gasteiger partial charge in [-0.2, -0.15) is 0 Å². The summed E-state index contributed by atoms with van der Waals surface area (Å²) in [7, 11) is 0. The smallest absolute Gasteiger partial charge is 0.239 e. The van der Waals surface area contributed by atoms with Crippen LogP contribution in [0, 0.1) is 23.7 Å². The van der Waals surface area contributed by atoms with Crippen LogP contribution in [-0.2, 0) is 9.59 Å². The summed E-state index contributed by atoms with van der Waals surface area (Å²) in [5, 5.41) is 5.56. The molecule has 2 saturated carbocycles. The second-order valence-corrected chi connectivity index (χ2v) is 6.63. The standard InChI is InChI=1S/C15H27N3O2/c1-9(2)14(16)15(20)18-8-13(19)17-7-12(10-3-4-10)11-5-6-11/h9-12,14H,3-8,16H2,1-2H3,(H,17,19)(H,18,20)/t14-/m0/s1. The van der Waals surface area contributed by atoms with E-state index in [2.05, 4.69) is 10.6 Å². The van der Waals surface area contributed by atoms with Gasteiger partial charge in [0.2, 0.25) is 11.8 Å². The zero-order valence-corrected chi connectivity index (χ0v) is 12.5. The molecule has 0 aromatic rings. The highest BCUT2D eigenvalue weighted by atomic mass is 16.2. The highest BCUT2D eigenvalue weighted by Crippen LogP contribution is 2.48. The van der Waals surface area contributed by atoms with Crippen molar-refractivity contribution in [1.82, 2.24) is 10.6 Å². The predicted molar refractivity (Wildman–Crippen MR) is 77.8 cm³/mol. The highest BCUT2D eigenvalue weighted by Gasteiger charge is 2.41. The van der Waals surface area contributed by atoms with Crippen molar-refractivity contribution in [3.05, 3.63) is 0 Å². The molecule has 0 aromatic heterocycles. The monoisotopic (exact) mass is 281 g/mol. The number of carbonyl (C=O) groups is 2. The van der Waals surface area contributed by atoms with E-state index in [9.17, 15) is 9.59 Å². The first-order valence-electron chi connectivity index (χ1n) is 7.79. The fraction of sp³-hybridized carbons (Fsp3) is 0.867. The van der Waals surface area contributed by atoms with Gasteiger partial charge >= 0.3 is 0 Å². The van der Waals surface area contributed by atoms with Gasteiger partial charge < -0.3 is 16.4 Å². The van der Waals surface area contributed by atoms with Crippen LogP contribution in [0.3, 0.4) is 0 Å². The third-order valence-electron chi connectivity index (χ3n) is 4.43. The number of carbonyl (C=O) groups excluding carboxylic acids is 2. The minimum atomic E-state index is -0.548. The van der Waals surface area contributed by atoms with Crippen molar-refractivity contribution in [2.75, 3.05) is 13.1 Å². The van der Waals surface area contributed by atoms with E-state index in [1.54, 1.807) is 0 Å². The molecule has 0 bridgehead atoms. The molecule has 0 saturated heterocycles. The molecular formula is C15H27N3O2. The molecule has 5 nitrogen and oxygen atoms in total. The third-order valence-corrected chi connectivity index (χ3v) is 4.43. The van der Waals surface area contributed by atoms with Gasteiger partial charge in [0.1, 0.15) is 0 Å². The topological polar surface area (TPSA) is 84.2 Å². The van der Waals surface area contributed by atoms with Crippen LogP contribution in [0.2, 0.25) is 0 Å². The molecule has 114 valence electrons. The molecule has 0 aromatic carbocycles. The second-order valence-electron chi connectivity index (χ2n) is 6.63. The molecule has 1 atom stereocenters. The van der Waals surface area contributed by atoms with Gasteiger partial charge in [-0.25, -0.2) is 0 Å². The van der Waals surface area contributed by atoms with Crippen LogP contribution in [0.15, 0.2) is 0 Å². The Morgan fingerprint density at radius 2 is 1.65 bits per heavy atom. The molecule has 2 aliphatic carbocycles. The summed E-state index contributed by atoms with van der Waals surface area (Å²) in [5.41, 5.74) is 5.72. The Balaban J connectivity index is 1.63. The number of amides is 2. The van der Waals surface area contributed by atoms with Crippen molar-refractivity contribution >= 4 is 11.8 Å². The fourth-order valence-electron chi connectivity index (χ4n) is 2.65. The molecule has 2 aliphatic rings. The second kappa shape index (κ2) is 6.57. The first-order chi connectivity index (χ1) is 9.49. The van der Waals surface area contributed by atoms with E-state index in [4.69, 9.17) is 5.73 Å². The van der Waals surface area contributed by atoms with Gasteiger partial charge in [-0.05, 0) is 49.4 Å². The summed E-state index contributed by atoms with van der Waals surface area (Å²) < 4.78 is 0. The van der Waals surface area contributed by atoms with Gasteiger partial charge in [0.05, 0.1) is 12.6 Å². The first kappa shape index (κ1) is 15.3. The Morgan fingerprint density at radius 3 is 2.10 bits per heavy atom. The van der Waals surface area contributed by atoms with Gasteiger partial charge in [-0.15, -0.1) is 0 Å². The Morgan fingerprint density at radius 1 is 1.10 bits per heavy atom. The molecule has 2 amide bonds. The lowest BCUT2D eigenvalue weighted by Gasteiger charge is -2.17. The number of rotatable bonds is 8. The maximum atomic E-state index is 11.8. The predicted octanol–water partition coefficient (Wildman–Crippen LogP) is 0.638. The molecular weight excluding hydrogens is 254 g/mol. The summed E-state index contributed by atoms with van der Waals surface area (Å²) in [6.07, 6.45) is 5.27. The lowest BCUT2D eigenvalue weighted by Crippen LogP contribution is -2.47. The molecule has 0 unspecified atom stereocenters. The number of hydrogen-bond donors (Lipinski definition) is 3. The zero-order chi connectivity index (χ0) is 14.7. The van der Waals surface area contributed by atoms with Gasteiger partial charge in [-0.1, -0.05) is 13.8 Å². The molecule has 2 fully saturated rings. The van der Waals surface area contributed by atoms with Crippen molar-refractivity contribution in [1.29, 1.82) is 0 Å². The minimum absolute atomic E-state index is 0.0291. The number of nitrogens with two attached hydrogens (primary N) is 1. The van der Waals surface area contributed by atoms with E-state index in [0.29, 0.717) is 5.92 Å². The zero-order valence-electron chi connectivity index (χ0n) is 12.5. The van der Waals surface area contributed by atoms with Crippen LogP contribution in [0.1, 0.15) is 39.5 Å². The lowest BCUT2D eigenvalue weighted by atomic mass is 9.98. The van der Waals surface area contributed by atoms with Crippen molar-refractivity contribution < 1.29 is 9.59 Å². The fourth-order valence-corrected chi connectivity index (χ4v) is 2.65. The van der Waals surface area contributed by atoms with Crippen LogP contribution in [-0.4, -0.2) is 30.9 Å². The van der Waals surface area contributed by atoms with Crippen LogP contribution < -0.4 is 16.4 Å². The van der Waals surface area contributed by atoms with Gasteiger partial charge in [0.15, 0.2) is 0 Å². The van der Waals surface area contributed by atoms with Crippen molar-refractivity contribution in [2.45, 2.75) is 45.6 Å². The average Bonchev–Trinajstić information content (AvgIpc) is 3.26. The maximum Gasteiger partial charge on any atom is 0.239 e. The van der Waals surface area contributed by atoms with E-state index in [1.165, 1.54) is 25.7 Å². The molecule has 0 radical (unpaired) electrons. The Hall–Kier alpha value is -1.10. The maximum absolute atomic E-state index is 11.8. The van der Waals surface area contributed by atoms with Gasteiger partial charge in [-0.3, -0.25) is 9.59 Å². The van der Waals surface area contributed by atoms with Gasteiger partial charge in [0.25, 0.3) is 0 Å². The summed E-state index contributed by atoms with van der Waals surface area (Å²) in [6, 6.07) is -0.548. The van der Waals surface area contributed by atoms with Crippen LogP contribution in [0.4, 0.5) is 0 Å². The SMILES string of the molecule is CC(C)[C@H](N)C(=O)NCC(=O)NCC(C1CC1)C1CC1.